The molecule has 0 unspecified atom stereocenters. The van der Waals surface area contributed by atoms with Crippen molar-refractivity contribution in [2.45, 2.75) is 90.8 Å². The minimum atomic E-state index is -3.78. The Bertz CT molecular complexity index is 1340. The molecule has 1 aromatic carbocycles. The first-order valence-electron chi connectivity index (χ1n) is 14.8. The third kappa shape index (κ3) is 4.39. The molecule has 0 aliphatic heterocycles. The van der Waals surface area contributed by atoms with Crippen molar-refractivity contribution in [2.24, 2.45) is 38.9 Å². The van der Waals surface area contributed by atoms with E-state index in [0.717, 1.165) is 50.7 Å². The Morgan fingerprint density at radius 1 is 0.833 bits per heavy atom. The lowest BCUT2D eigenvalue weighted by molar-refractivity contribution is -0.0882. The largest absolute Gasteiger partial charge is 0.401 e. The van der Waals surface area contributed by atoms with Crippen molar-refractivity contribution >= 4 is 24.9 Å². The molecular weight excluding hydrogens is 571 g/mol. The summed E-state index contributed by atoms with van der Waals surface area (Å²) in [5.74, 6) is -8.64. The Balaban J connectivity index is 1.55. The van der Waals surface area contributed by atoms with Gasteiger partial charge >= 0.3 is 0 Å². The van der Waals surface area contributed by atoms with Gasteiger partial charge in [-0.15, -0.1) is 0 Å². The smallest absolute Gasteiger partial charge is 0.226 e. The number of oxime groups is 2. The van der Waals surface area contributed by atoms with Gasteiger partial charge in [0.25, 0.3) is 0 Å². The monoisotopic (exact) mass is 612 g/mol. The lowest BCUT2D eigenvalue weighted by atomic mass is 9.46. The maximum atomic E-state index is 15.1. The molecule has 0 saturated heterocycles. The van der Waals surface area contributed by atoms with Crippen LogP contribution in [0, 0.1) is 57.7 Å². The van der Waals surface area contributed by atoms with Gasteiger partial charge in [0.2, 0.25) is 14.1 Å². The average Bonchev–Trinajstić information content (AvgIpc) is 3.23. The van der Waals surface area contributed by atoms with E-state index in [9.17, 15) is 13.2 Å². The van der Waals surface area contributed by atoms with E-state index in [-0.39, 0.29) is 11.3 Å². The fourth-order valence-electron chi connectivity index (χ4n) is 9.43. The number of halogens is 5. The zero-order valence-corrected chi connectivity index (χ0v) is 26.5. The van der Waals surface area contributed by atoms with Gasteiger partial charge in [-0.2, -0.15) is 0 Å². The Morgan fingerprint density at radius 2 is 1.45 bits per heavy atom. The topological polar surface area (TPSA) is 52.4 Å². The lowest BCUT2D eigenvalue weighted by Gasteiger charge is -2.60. The van der Waals surface area contributed by atoms with E-state index in [1.54, 1.807) is 14.0 Å². The minimum absolute atomic E-state index is 0.0439. The van der Waals surface area contributed by atoms with Crippen LogP contribution < -0.4 is 5.19 Å². The Morgan fingerprint density at radius 3 is 2.07 bits per heavy atom. The molecule has 0 radical (unpaired) electrons. The van der Waals surface area contributed by atoms with E-state index in [2.05, 4.69) is 30.2 Å². The maximum Gasteiger partial charge on any atom is 0.226 e. The van der Waals surface area contributed by atoms with Gasteiger partial charge in [0.15, 0.2) is 23.3 Å². The second-order valence-electron chi connectivity index (χ2n) is 13.5. The molecule has 232 valence electrons. The van der Waals surface area contributed by atoms with Crippen LogP contribution in [-0.2, 0) is 14.1 Å². The van der Waals surface area contributed by atoms with Crippen LogP contribution in [0.15, 0.2) is 22.0 Å². The quantitative estimate of drug-likeness (QED) is 0.0833. The molecule has 0 spiro atoms. The molecule has 3 saturated carbocycles. The predicted octanol–water partition coefficient (Wildman–Crippen LogP) is 7.54. The number of nitrogens with zero attached hydrogens (tertiary/aromatic N) is 2. The third-order valence-corrected chi connectivity index (χ3v) is 13.9. The number of hydrogen-bond donors (Lipinski definition) is 0. The first kappa shape index (κ1) is 31.2. The van der Waals surface area contributed by atoms with Crippen molar-refractivity contribution in [2.75, 3.05) is 14.2 Å². The molecular formula is C31H41F5N2O3Si. The highest BCUT2D eigenvalue weighted by molar-refractivity contribution is 6.84. The van der Waals surface area contributed by atoms with E-state index in [1.165, 1.54) is 25.8 Å². The molecule has 0 N–H and O–H groups in total. The van der Waals surface area contributed by atoms with Gasteiger partial charge in [0.05, 0.1) is 11.4 Å². The molecule has 5 nitrogen and oxygen atoms in total. The highest BCUT2D eigenvalue weighted by Gasteiger charge is 2.67. The summed E-state index contributed by atoms with van der Waals surface area (Å²) in [5, 5.41) is 7.63. The maximum absolute atomic E-state index is 15.1. The standard InChI is InChI=1S/C31H41F5N2O3Si/c1-17(37-39-4)31(41-42(6,7)28-26(35)24(33)23(32)25(34)27(28)36)15-12-22-20-9-8-18-16-19(38-40-5)10-13-29(18,2)21(20)11-14-30(22,31)3/h16,20-22H,8-15H2,1-7H3/b37-17+,38-19+/t20-,21+,22+,29+,30+,31-/m1/s1. The van der Waals surface area contributed by atoms with Gasteiger partial charge in [-0.25, -0.2) is 22.0 Å². The molecule has 0 amide bonds. The summed E-state index contributed by atoms with van der Waals surface area (Å²) in [6.45, 7) is 9.31. The molecule has 0 aromatic heterocycles. The van der Waals surface area contributed by atoms with Crippen molar-refractivity contribution in [3.63, 3.8) is 0 Å². The first-order valence-corrected chi connectivity index (χ1v) is 17.7. The van der Waals surface area contributed by atoms with Gasteiger partial charge in [-0.3, -0.25) is 0 Å². The molecule has 4 aliphatic rings. The zero-order chi connectivity index (χ0) is 30.8. The lowest BCUT2D eigenvalue weighted by Crippen LogP contribution is -2.64. The molecule has 0 heterocycles. The summed E-state index contributed by atoms with van der Waals surface area (Å²) < 4.78 is 79.7. The summed E-state index contributed by atoms with van der Waals surface area (Å²) in [4.78, 5) is 10.2. The fourth-order valence-corrected chi connectivity index (χ4v) is 12.2. The van der Waals surface area contributed by atoms with E-state index in [4.69, 9.17) is 14.1 Å². The van der Waals surface area contributed by atoms with Crippen LogP contribution in [0.25, 0.3) is 0 Å². The third-order valence-electron chi connectivity index (χ3n) is 11.4. The summed E-state index contributed by atoms with van der Waals surface area (Å²) in [6, 6.07) is 0. The Labute approximate surface area is 245 Å². The highest BCUT2D eigenvalue weighted by Crippen LogP contribution is 2.68. The van der Waals surface area contributed by atoms with E-state index >= 15 is 8.78 Å². The highest BCUT2D eigenvalue weighted by atomic mass is 28.4. The van der Waals surface area contributed by atoms with Gasteiger partial charge in [-0.1, -0.05) is 29.7 Å². The molecule has 1 aromatic rings. The normalized spacial score (nSPS) is 35.8. The predicted molar refractivity (Wildman–Crippen MR) is 153 cm³/mol. The molecule has 5 rings (SSSR count). The number of fused-ring (bicyclic) bond motifs is 5. The van der Waals surface area contributed by atoms with Crippen LogP contribution in [0.3, 0.4) is 0 Å². The number of rotatable bonds is 6. The van der Waals surface area contributed by atoms with Gasteiger partial charge in [-0.05, 0) is 101 Å². The summed E-state index contributed by atoms with van der Waals surface area (Å²) in [7, 11) is -0.783. The van der Waals surface area contributed by atoms with Crippen LogP contribution >= 0.6 is 0 Å². The van der Waals surface area contributed by atoms with Crippen LogP contribution in [0.2, 0.25) is 13.1 Å². The molecule has 6 atom stereocenters. The average molecular weight is 613 g/mol. The summed E-state index contributed by atoms with van der Waals surface area (Å²) >= 11 is 0. The van der Waals surface area contributed by atoms with E-state index in [0.29, 0.717) is 24.0 Å². The van der Waals surface area contributed by atoms with E-state index in [1.807, 2.05) is 0 Å². The number of hydrogen-bond acceptors (Lipinski definition) is 5. The molecule has 11 heteroatoms. The molecule has 0 bridgehead atoms. The van der Waals surface area contributed by atoms with Crippen LogP contribution in [0.5, 0.6) is 0 Å². The van der Waals surface area contributed by atoms with Crippen LogP contribution in [-0.4, -0.2) is 39.6 Å². The zero-order valence-electron chi connectivity index (χ0n) is 25.5. The van der Waals surface area contributed by atoms with Crippen molar-refractivity contribution in [1.82, 2.24) is 0 Å². The summed E-state index contributed by atoms with van der Waals surface area (Å²) in [5.41, 5.74) is 1.40. The second kappa shape index (κ2) is 10.7. The molecule has 3 fully saturated rings. The summed E-state index contributed by atoms with van der Waals surface area (Å²) in [6.07, 6.45) is 9.06. The Hall–Kier alpha value is -2.27. The fraction of sp³-hybridized carbons (Fsp3) is 0.677. The van der Waals surface area contributed by atoms with E-state index < -0.39 is 53.6 Å². The van der Waals surface area contributed by atoms with Gasteiger partial charge < -0.3 is 14.1 Å². The number of benzene rings is 1. The van der Waals surface area contributed by atoms with Crippen molar-refractivity contribution in [3.05, 3.63) is 40.7 Å². The van der Waals surface area contributed by atoms with Crippen molar-refractivity contribution in [1.29, 1.82) is 0 Å². The Kier molecular flexibility index (Phi) is 7.95. The van der Waals surface area contributed by atoms with Gasteiger partial charge in [0.1, 0.15) is 19.8 Å². The SMILES string of the molecule is CO/N=C1/C=C2CC[C@@H]3[C@H](CC[C@@]4(C)[C@H]3CC[C@@]4(O[Si](C)(C)c3c(F)c(F)c(F)c(F)c3F)/C(C)=N/OC)[C@@]2(C)CC1. The minimum Gasteiger partial charge on any atom is -0.401 e. The van der Waals surface area contributed by atoms with Crippen LogP contribution in [0.1, 0.15) is 72.1 Å². The molecule has 42 heavy (non-hydrogen) atoms. The van der Waals surface area contributed by atoms with Crippen LogP contribution in [0.4, 0.5) is 22.0 Å². The van der Waals surface area contributed by atoms with Crippen molar-refractivity contribution in [3.8, 4) is 0 Å². The van der Waals surface area contributed by atoms with Crippen molar-refractivity contribution < 1.29 is 36.1 Å². The van der Waals surface area contributed by atoms with Gasteiger partial charge in [0, 0.05) is 10.6 Å². The molecule has 4 aliphatic carbocycles. The first-order chi connectivity index (χ1) is 19.7. The second-order valence-corrected chi connectivity index (χ2v) is 17.2. The number of allylic oxidation sites excluding steroid dienone is 2.